The molecule has 7 heteroatoms. The van der Waals surface area contributed by atoms with Gasteiger partial charge in [-0.2, -0.15) is 15.0 Å². The van der Waals surface area contributed by atoms with Crippen LogP contribution in [-0.2, 0) is 0 Å². The first-order chi connectivity index (χ1) is 9.52. The van der Waals surface area contributed by atoms with Gasteiger partial charge in [-0.15, -0.1) is 0 Å². The monoisotopic (exact) mass is 296 g/mol. The lowest BCUT2D eigenvalue weighted by atomic mass is 10.1. The highest BCUT2D eigenvalue weighted by Gasteiger charge is 2.19. The van der Waals surface area contributed by atoms with Crippen molar-refractivity contribution in [2.45, 2.75) is 13.0 Å². The van der Waals surface area contributed by atoms with Crippen LogP contribution >= 0.6 is 11.6 Å². The van der Waals surface area contributed by atoms with Gasteiger partial charge in [0.2, 0.25) is 11.2 Å². The lowest BCUT2D eigenvalue weighted by Crippen LogP contribution is -2.25. The van der Waals surface area contributed by atoms with Gasteiger partial charge in [-0.1, -0.05) is 18.2 Å². The number of ether oxygens (including phenoxy) is 1. The van der Waals surface area contributed by atoms with E-state index >= 15 is 0 Å². The first-order valence-corrected chi connectivity index (χ1v) is 6.33. The van der Waals surface area contributed by atoms with Crippen molar-refractivity contribution in [2.24, 2.45) is 0 Å². The Bertz CT molecular complexity index is 611. The fourth-order valence-electron chi connectivity index (χ4n) is 1.77. The van der Waals surface area contributed by atoms with Crippen LogP contribution in [0.3, 0.4) is 0 Å². The van der Waals surface area contributed by atoms with Gasteiger partial charge in [-0.25, -0.2) is 4.39 Å². The summed E-state index contributed by atoms with van der Waals surface area (Å²) in [6, 6.07) is 6.42. The largest absolute Gasteiger partial charge is 0.467 e. The van der Waals surface area contributed by atoms with Crippen molar-refractivity contribution >= 4 is 17.5 Å². The highest BCUT2D eigenvalue weighted by molar-refractivity contribution is 6.28. The molecule has 0 amide bonds. The van der Waals surface area contributed by atoms with Crippen LogP contribution in [0.1, 0.15) is 18.5 Å². The highest BCUT2D eigenvalue weighted by Crippen LogP contribution is 2.25. The zero-order chi connectivity index (χ0) is 14.7. The van der Waals surface area contributed by atoms with Gasteiger partial charge in [0, 0.05) is 12.6 Å². The van der Waals surface area contributed by atoms with E-state index < -0.39 is 0 Å². The topological polar surface area (TPSA) is 51.1 Å². The fourth-order valence-corrected chi connectivity index (χ4v) is 1.91. The second-order valence-electron chi connectivity index (χ2n) is 4.20. The molecule has 1 atom stereocenters. The molecule has 0 N–H and O–H groups in total. The van der Waals surface area contributed by atoms with E-state index in [0.29, 0.717) is 11.5 Å². The Morgan fingerprint density at radius 1 is 1.25 bits per heavy atom. The number of anilines is 1. The van der Waals surface area contributed by atoms with Crippen molar-refractivity contribution in [2.75, 3.05) is 19.1 Å². The average Bonchev–Trinajstić information content (AvgIpc) is 2.45. The van der Waals surface area contributed by atoms with Crippen LogP contribution in [-0.4, -0.2) is 29.1 Å². The number of hydrogen-bond acceptors (Lipinski definition) is 5. The van der Waals surface area contributed by atoms with Crippen molar-refractivity contribution in [1.82, 2.24) is 15.0 Å². The zero-order valence-corrected chi connectivity index (χ0v) is 12.1. The van der Waals surface area contributed by atoms with E-state index in [-0.39, 0.29) is 23.2 Å². The maximum atomic E-state index is 13.8. The molecule has 0 bridgehead atoms. The van der Waals surface area contributed by atoms with E-state index in [1.165, 1.54) is 13.2 Å². The average molecular weight is 297 g/mol. The molecule has 0 radical (unpaired) electrons. The molecule has 0 saturated carbocycles. The van der Waals surface area contributed by atoms with Crippen molar-refractivity contribution in [3.63, 3.8) is 0 Å². The van der Waals surface area contributed by atoms with E-state index in [2.05, 4.69) is 15.0 Å². The minimum atomic E-state index is -0.279. The molecule has 2 rings (SSSR count). The maximum absolute atomic E-state index is 13.8. The van der Waals surface area contributed by atoms with Gasteiger partial charge in [0.15, 0.2) is 0 Å². The molecule has 106 valence electrons. The van der Waals surface area contributed by atoms with Crippen LogP contribution in [0.2, 0.25) is 5.28 Å². The van der Waals surface area contributed by atoms with Gasteiger partial charge < -0.3 is 9.64 Å². The molecule has 0 aliphatic rings. The van der Waals surface area contributed by atoms with Gasteiger partial charge in [0.05, 0.1) is 13.2 Å². The molecule has 5 nitrogen and oxygen atoms in total. The third-order valence-corrected chi connectivity index (χ3v) is 3.18. The van der Waals surface area contributed by atoms with E-state index in [9.17, 15) is 4.39 Å². The summed E-state index contributed by atoms with van der Waals surface area (Å²) < 4.78 is 18.8. The van der Waals surface area contributed by atoms with E-state index in [1.807, 2.05) is 6.92 Å². The van der Waals surface area contributed by atoms with Crippen LogP contribution in [0, 0.1) is 5.82 Å². The van der Waals surface area contributed by atoms with Crippen molar-refractivity contribution in [1.29, 1.82) is 0 Å². The zero-order valence-electron chi connectivity index (χ0n) is 11.3. The lowest BCUT2D eigenvalue weighted by molar-refractivity contribution is 0.377. The molecule has 1 heterocycles. The second-order valence-corrected chi connectivity index (χ2v) is 4.54. The normalized spacial score (nSPS) is 12.1. The van der Waals surface area contributed by atoms with Crippen LogP contribution in [0.15, 0.2) is 24.3 Å². The molecule has 1 aromatic carbocycles. The maximum Gasteiger partial charge on any atom is 0.322 e. The molecule has 0 aliphatic carbocycles. The number of hydrogen-bond donors (Lipinski definition) is 0. The summed E-state index contributed by atoms with van der Waals surface area (Å²) in [6.45, 7) is 1.85. The second kappa shape index (κ2) is 6.00. The standard InChI is InChI=1S/C13H14ClFN4O/c1-8(9-6-4-5-7-10(9)15)19(2)12-16-11(14)17-13(18-12)20-3/h4-8H,1-3H3. The van der Waals surface area contributed by atoms with Crippen molar-refractivity contribution in [3.05, 3.63) is 40.9 Å². The molecule has 2 aromatic rings. The van der Waals surface area contributed by atoms with Crippen LogP contribution in [0.5, 0.6) is 6.01 Å². The Labute approximate surface area is 121 Å². The Morgan fingerprint density at radius 2 is 1.95 bits per heavy atom. The minimum Gasteiger partial charge on any atom is -0.467 e. The Kier molecular flexibility index (Phi) is 4.34. The summed E-state index contributed by atoms with van der Waals surface area (Å²) >= 11 is 5.81. The van der Waals surface area contributed by atoms with Gasteiger partial charge in [-0.05, 0) is 24.6 Å². The first-order valence-electron chi connectivity index (χ1n) is 5.95. The molecule has 0 spiro atoms. The van der Waals surface area contributed by atoms with Crippen LogP contribution < -0.4 is 9.64 Å². The summed E-state index contributed by atoms with van der Waals surface area (Å²) in [5, 5.41) is 0.0273. The molecule has 0 aliphatic heterocycles. The first kappa shape index (κ1) is 14.5. The van der Waals surface area contributed by atoms with Crippen molar-refractivity contribution < 1.29 is 9.13 Å². The number of rotatable bonds is 4. The van der Waals surface area contributed by atoms with Crippen molar-refractivity contribution in [3.8, 4) is 6.01 Å². The molecule has 0 saturated heterocycles. The predicted octanol–water partition coefficient (Wildman–Crippen LogP) is 2.87. The number of nitrogens with zero attached hydrogens (tertiary/aromatic N) is 4. The third-order valence-electron chi connectivity index (χ3n) is 3.01. The third kappa shape index (κ3) is 2.96. The summed E-state index contributed by atoms with van der Waals surface area (Å²) in [5.74, 6) is 0.0385. The SMILES string of the molecule is COc1nc(Cl)nc(N(C)C(C)c2ccccc2F)n1. The summed E-state index contributed by atoms with van der Waals surface area (Å²) in [4.78, 5) is 13.6. The van der Waals surface area contributed by atoms with Gasteiger partial charge in [0.1, 0.15) is 5.82 Å². The molecule has 1 unspecified atom stereocenters. The Morgan fingerprint density at radius 3 is 2.60 bits per heavy atom. The molecule has 1 aromatic heterocycles. The van der Waals surface area contributed by atoms with Crippen LogP contribution in [0.25, 0.3) is 0 Å². The lowest BCUT2D eigenvalue weighted by Gasteiger charge is -2.25. The molecular formula is C13H14ClFN4O. The quantitative estimate of drug-likeness (QED) is 0.868. The number of methoxy groups -OCH3 is 1. The molecular weight excluding hydrogens is 283 g/mol. The number of benzene rings is 1. The minimum absolute atomic E-state index is 0.0273. The van der Waals surface area contributed by atoms with E-state index in [0.717, 1.165) is 0 Å². The van der Waals surface area contributed by atoms with Gasteiger partial charge >= 0.3 is 6.01 Å². The van der Waals surface area contributed by atoms with Gasteiger partial charge in [-0.3, -0.25) is 0 Å². The molecule has 0 fully saturated rings. The predicted molar refractivity (Wildman–Crippen MR) is 74.6 cm³/mol. The summed E-state index contributed by atoms with van der Waals surface area (Å²) in [6.07, 6.45) is 0. The summed E-state index contributed by atoms with van der Waals surface area (Å²) in [5.41, 5.74) is 0.547. The van der Waals surface area contributed by atoms with Crippen LogP contribution in [0.4, 0.5) is 10.3 Å². The number of aromatic nitrogens is 3. The Hall–Kier alpha value is -1.95. The van der Waals surface area contributed by atoms with E-state index in [1.54, 1.807) is 30.1 Å². The summed E-state index contributed by atoms with van der Waals surface area (Å²) in [7, 11) is 3.19. The van der Waals surface area contributed by atoms with E-state index in [4.69, 9.17) is 16.3 Å². The molecule has 20 heavy (non-hydrogen) atoms. The highest BCUT2D eigenvalue weighted by atomic mass is 35.5. The Balaban J connectivity index is 2.33. The van der Waals surface area contributed by atoms with Gasteiger partial charge in [0.25, 0.3) is 0 Å². The number of halogens is 2. The fraction of sp³-hybridized carbons (Fsp3) is 0.308. The smallest absolute Gasteiger partial charge is 0.322 e.